The number of phosphoric ester groups is 2. The van der Waals surface area contributed by atoms with Crippen LogP contribution in [0.2, 0.25) is 0 Å². The van der Waals surface area contributed by atoms with Gasteiger partial charge in [0.2, 0.25) is 0 Å². The van der Waals surface area contributed by atoms with Crippen LogP contribution in [-0.4, -0.2) is 96.7 Å². The van der Waals surface area contributed by atoms with Crippen LogP contribution >= 0.6 is 15.6 Å². The molecule has 0 radical (unpaired) electrons. The molecule has 0 aliphatic rings. The highest BCUT2D eigenvalue weighted by molar-refractivity contribution is 7.47. The van der Waals surface area contributed by atoms with Crippen LogP contribution in [0.25, 0.3) is 0 Å². The third-order valence-electron chi connectivity index (χ3n) is 16.9. The quantitative estimate of drug-likeness (QED) is 0.0222. The first-order chi connectivity index (χ1) is 43.6. The fourth-order valence-electron chi connectivity index (χ4n) is 10.8. The van der Waals surface area contributed by atoms with Crippen LogP contribution in [0.15, 0.2) is 0 Å². The molecule has 0 fully saturated rings. The van der Waals surface area contributed by atoms with Gasteiger partial charge in [0.15, 0.2) is 12.2 Å². The fraction of sp³-hybridized carbons (Fsp3) is 0.944. The molecule has 0 heterocycles. The van der Waals surface area contributed by atoms with E-state index in [0.29, 0.717) is 37.5 Å². The number of ether oxygens (including phenoxy) is 4. The lowest BCUT2D eigenvalue weighted by atomic mass is 9.99. The Kier molecular flexibility index (Phi) is 60.3. The molecule has 0 saturated heterocycles. The van der Waals surface area contributed by atoms with E-state index < -0.39 is 97.5 Å². The second-order valence-corrected chi connectivity index (χ2v) is 30.6. The van der Waals surface area contributed by atoms with Gasteiger partial charge in [-0.25, -0.2) is 9.13 Å². The predicted molar refractivity (Wildman–Crippen MR) is 367 cm³/mol. The molecule has 0 bridgehead atoms. The summed E-state index contributed by atoms with van der Waals surface area (Å²) in [4.78, 5) is 72.5. The summed E-state index contributed by atoms with van der Waals surface area (Å²) in [6, 6.07) is 0. The Balaban J connectivity index is 5.15. The Morgan fingerprint density at radius 2 is 0.527 bits per heavy atom. The number of carbonyl (C=O) groups excluding carboxylic acids is 4. The van der Waals surface area contributed by atoms with Gasteiger partial charge in [-0.15, -0.1) is 0 Å². The SMILES string of the molecule is CCC(C)CCCCCCCCCCC(=O)O[C@H](COC(=O)CCCCCCCCC(C)C)COP(=O)(O)OC[C@H](O)COP(=O)(O)OC[C@@H](COC(=O)CCCCCCCCC(C)C)OC(=O)CCCCCCCCCCCCCCCCCCCCC(C)C. The summed E-state index contributed by atoms with van der Waals surface area (Å²) in [5.74, 6) is 0.816. The lowest BCUT2D eigenvalue weighted by Crippen LogP contribution is -2.30. The summed E-state index contributed by atoms with van der Waals surface area (Å²) in [5.41, 5.74) is 0. The van der Waals surface area contributed by atoms with Crippen molar-refractivity contribution in [2.45, 2.75) is 375 Å². The van der Waals surface area contributed by atoms with Gasteiger partial charge in [0.1, 0.15) is 19.3 Å². The van der Waals surface area contributed by atoms with Crippen molar-refractivity contribution in [3.05, 3.63) is 0 Å². The van der Waals surface area contributed by atoms with Crippen molar-refractivity contribution in [1.29, 1.82) is 0 Å². The van der Waals surface area contributed by atoms with Gasteiger partial charge in [0.05, 0.1) is 26.4 Å². The molecule has 0 rings (SSSR count). The smallest absolute Gasteiger partial charge is 0.462 e. The fourth-order valence-corrected chi connectivity index (χ4v) is 12.4. The average Bonchev–Trinajstić information content (AvgIpc) is 3.72. The third kappa shape index (κ3) is 65.1. The molecule has 0 amide bonds. The zero-order valence-corrected chi connectivity index (χ0v) is 61.3. The van der Waals surface area contributed by atoms with Gasteiger partial charge < -0.3 is 33.8 Å². The van der Waals surface area contributed by atoms with Crippen molar-refractivity contribution in [3.8, 4) is 0 Å². The third-order valence-corrected chi connectivity index (χ3v) is 18.8. The average molecular weight is 1340 g/mol. The van der Waals surface area contributed by atoms with E-state index in [9.17, 15) is 43.2 Å². The number of esters is 4. The standard InChI is InChI=1S/C72H140O17P2/c1-9-65(8)51-43-35-25-22-23-27-39-47-55-72(77)89-68(59-83-70(75)53-45-37-31-29-34-42-50-64(6)7)61-87-91(80,81)85-57-66(73)56-84-90(78,79)86-60-67(58-82-69(74)52-44-36-30-28-33-41-49-63(4)5)88-71(76)54-46-38-26-21-19-17-15-13-11-10-12-14-16-18-20-24-32-40-48-62(2)3/h62-68,73H,9-61H2,1-8H3,(H,78,79)(H,80,81)/t65?,66-,67-,68-/m1/s1. The second-order valence-electron chi connectivity index (χ2n) is 27.6. The lowest BCUT2D eigenvalue weighted by Gasteiger charge is -2.21. The van der Waals surface area contributed by atoms with E-state index in [1.54, 1.807) is 0 Å². The van der Waals surface area contributed by atoms with Crippen LogP contribution in [0.4, 0.5) is 0 Å². The maximum atomic E-state index is 13.0. The summed E-state index contributed by atoms with van der Waals surface area (Å²) in [6.07, 6.45) is 44.9. The molecule has 0 aliphatic heterocycles. The molecule has 91 heavy (non-hydrogen) atoms. The topological polar surface area (TPSA) is 237 Å². The van der Waals surface area contributed by atoms with Crippen molar-refractivity contribution >= 4 is 39.5 Å². The molecule has 0 aliphatic carbocycles. The van der Waals surface area contributed by atoms with Crippen molar-refractivity contribution in [2.75, 3.05) is 39.6 Å². The predicted octanol–water partition coefficient (Wildman–Crippen LogP) is 20.5. The van der Waals surface area contributed by atoms with E-state index >= 15 is 0 Å². The number of aliphatic hydroxyl groups excluding tert-OH is 1. The highest BCUT2D eigenvalue weighted by Crippen LogP contribution is 2.45. The minimum Gasteiger partial charge on any atom is -0.462 e. The molecule has 0 aromatic rings. The first kappa shape index (κ1) is 89.1. The van der Waals surface area contributed by atoms with E-state index in [0.717, 1.165) is 115 Å². The second kappa shape index (κ2) is 61.6. The summed E-state index contributed by atoms with van der Waals surface area (Å²) < 4.78 is 68.2. The molecule has 17 nitrogen and oxygen atoms in total. The Hall–Kier alpha value is -1.94. The minimum absolute atomic E-state index is 0.103. The highest BCUT2D eigenvalue weighted by Gasteiger charge is 2.30. The van der Waals surface area contributed by atoms with Gasteiger partial charge >= 0.3 is 39.5 Å². The minimum atomic E-state index is -4.95. The lowest BCUT2D eigenvalue weighted by molar-refractivity contribution is -0.161. The van der Waals surface area contributed by atoms with Crippen LogP contribution < -0.4 is 0 Å². The summed E-state index contributed by atoms with van der Waals surface area (Å²) >= 11 is 0. The largest absolute Gasteiger partial charge is 0.472 e. The number of hydrogen-bond acceptors (Lipinski definition) is 15. The Bertz CT molecular complexity index is 1800. The number of phosphoric acid groups is 2. The molecular formula is C72H140O17P2. The summed E-state index contributed by atoms with van der Waals surface area (Å²) in [7, 11) is -9.90. The van der Waals surface area contributed by atoms with Crippen LogP contribution in [0.1, 0.15) is 357 Å². The molecule has 0 aromatic carbocycles. The van der Waals surface area contributed by atoms with Crippen molar-refractivity contribution in [3.63, 3.8) is 0 Å². The zero-order valence-electron chi connectivity index (χ0n) is 59.5. The first-order valence-corrected chi connectivity index (χ1v) is 40.2. The van der Waals surface area contributed by atoms with E-state index in [-0.39, 0.29) is 25.7 Å². The van der Waals surface area contributed by atoms with E-state index in [1.165, 1.54) is 148 Å². The molecule has 0 saturated carbocycles. The van der Waals surface area contributed by atoms with Gasteiger partial charge in [-0.05, 0) is 49.4 Å². The summed E-state index contributed by atoms with van der Waals surface area (Å²) in [6.45, 7) is 14.0. The van der Waals surface area contributed by atoms with Crippen LogP contribution in [-0.2, 0) is 65.4 Å². The molecule has 0 aromatic heterocycles. The number of rotatable bonds is 69. The highest BCUT2D eigenvalue weighted by atomic mass is 31.2. The van der Waals surface area contributed by atoms with E-state index in [1.807, 2.05) is 0 Å². The zero-order chi connectivity index (χ0) is 67.5. The molecule has 6 atom stereocenters. The number of aliphatic hydroxyl groups is 1. The van der Waals surface area contributed by atoms with Crippen molar-refractivity contribution in [2.24, 2.45) is 23.7 Å². The van der Waals surface area contributed by atoms with Crippen LogP contribution in [0, 0.1) is 23.7 Å². The Morgan fingerprint density at radius 3 is 0.780 bits per heavy atom. The molecule has 3 unspecified atom stereocenters. The monoisotopic (exact) mass is 1340 g/mol. The number of unbranched alkanes of at least 4 members (excludes halogenated alkanes) is 34. The van der Waals surface area contributed by atoms with E-state index in [4.69, 9.17) is 37.0 Å². The Labute approximate surface area is 556 Å². The van der Waals surface area contributed by atoms with Crippen molar-refractivity contribution < 1.29 is 80.2 Å². The van der Waals surface area contributed by atoms with Crippen LogP contribution in [0.5, 0.6) is 0 Å². The Morgan fingerprint density at radius 1 is 0.308 bits per heavy atom. The van der Waals surface area contributed by atoms with Crippen molar-refractivity contribution in [1.82, 2.24) is 0 Å². The summed E-state index contributed by atoms with van der Waals surface area (Å²) in [5, 5.41) is 10.6. The molecule has 0 spiro atoms. The first-order valence-electron chi connectivity index (χ1n) is 37.2. The van der Waals surface area contributed by atoms with E-state index in [2.05, 4.69) is 55.4 Å². The normalized spacial score (nSPS) is 14.5. The van der Waals surface area contributed by atoms with Gasteiger partial charge in [0, 0.05) is 25.7 Å². The van der Waals surface area contributed by atoms with Gasteiger partial charge in [-0.1, -0.05) is 306 Å². The molecule has 3 N–H and O–H groups in total. The molecular weight excluding hydrogens is 1200 g/mol. The molecule has 540 valence electrons. The number of hydrogen-bond donors (Lipinski definition) is 3. The van der Waals surface area contributed by atoms with Crippen LogP contribution in [0.3, 0.4) is 0 Å². The number of carbonyl (C=O) groups is 4. The van der Waals surface area contributed by atoms with Gasteiger partial charge in [0.25, 0.3) is 0 Å². The van der Waals surface area contributed by atoms with Gasteiger partial charge in [-0.2, -0.15) is 0 Å². The molecule has 19 heteroatoms. The maximum Gasteiger partial charge on any atom is 0.472 e. The maximum absolute atomic E-state index is 13.0. The van der Waals surface area contributed by atoms with Gasteiger partial charge in [-0.3, -0.25) is 37.3 Å².